The number of thiazole rings is 1. The highest BCUT2D eigenvalue weighted by atomic mass is 32.1. The van der Waals surface area contributed by atoms with E-state index in [-0.39, 0.29) is 6.03 Å². The van der Waals surface area contributed by atoms with Gasteiger partial charge in [0.05, 0.1) is 16.8 Å². The Balaban J connectivity index is 1.37. The number of para-hydroxylation sites is 1. The van der Waals surface area contributed by atoms with E-state index in [1.165, 1.54) is 9.58 Å². The molecule has 2 aromatic heterocycles. The first-order valence-corrected chi connectivity index (χ1v) is 10.1. The van der Waals surface area contributed by atoms with Crippen LogP contribution < -0.4 is 10.2 Å². The largest absolute Gasteiger partial charge is 0.346 e. The molecule has 0 aliphatic carbocycles. The maximum Gasteiger partial charge on any atom is 0.317 e. The number of hydrogen-bond donors (Lipinski definition) is 1. The number of amides is 2. The number of urea groups is 1. The fraction of sp³-hybridized carbons (Fsp3) is 0.333. The minimum absolute atomic E-state index is 0.0274. The summed E-state index contributed by atoms with van der Waals surface area (Å²) >= 11 is 3.40. The summed E-state index contributed by atoms with van der Waals surface area (Å²) in [6, 6.07) is 12.3. The Kier molecular flexibility index (Phi) is 4.85. The van der Waals surface area contributed by atoms with Gasteiger partial charge in [0, 0.05) is 31.1 Å². The Labute approximate surface area is 154 Å². The Morgan fingerprint density at radius 2 is 2.04 bits per heavy atom. The lowest BCUT2D eigenvalue weighted by molar-refractivity contribution is 0.201. The van der Waals surface area contributed by atoms with Gasteiger partial charge in [0.2, 0.25) is 0 Å². The lowest BCUT2D eigenvalue weighted by Gasteiger charge is -2.22. The molecule has 4 rings (SSSR count). The Bertz CT molecular complexity index is 813. The van der Waals surface area contributed by atoms with E-state index >= 15 is 0 Å². The van der Waals surface area contributed by atoms with Crippen LogP contribution in [0.25, 0.3) is 10.2 Å². The maximum absolute atomic E-state index is 12.4. The van der Waals surface area contributed by atoms with Crippen LogP contribution in [0.15, 0.2) is 41.8 Å². The molecule has 5 nitrogen and oxygen atoms in total. The van der Waals surface area contributed by atoms with Gasteiger partial charge < -0.3 is 15.1 Å². The van der Waals surface area contributed by atoms with E-state index in [4.69, 9.17) is 4.98 Å². The summed E-state index contributed by atoms with van der Waals surface area (Å²) < 4.78 is 1.22. The van der Waals surface area contributed by atoms with Crippen molar-refractivity contribution in [3.8, 4) is 0 Å². The predicted octanol–water partition coefficient (Wildman–Crippen LogP) is 3.78. The number of fused-ring (bicyclic) bond motifs is 1. The molecule has 130 valence electrons. The number of benzene rings is 1. The van der Waals surface area contributed by atoms with E-state index in [1.807, 2.05) is 34.5 Å². The molecule has 1 aliphatic rings. The molecule has 0 radical (unpaired) electrons. The van der Waals surface area contributed by atoms with E-state index in [0.29, 0.717) is 6.54 Å². The second-order valence-electron chi connectivity index (χ2n) is 6.03. The van der Waals surface area contributed by atoms with Crippen molar-refractivity contribution < 1.29 is 4.79 Å². The number of aromatic nitrogens is 1. The number of carbonyl (C=O) groups excluding carboxylic acids is 1. The Morgan fingerprint density at radius 3 is 2.88 bits per heavy atom. The van der Waals surface area contributed by atoms with E-state index in [1.54, 1.807) is 22.7 Å². The Morgan fingerprint density at radius 1 is 1.12 bits per heavy atom. The van der Waals surface area contributed by atoms with E-state index in [9.17, 15) is 4.79 Å². The maximum atomic E-state index is 12.4. The zero-order valence-electron chi connectivity index (χ0n) is 13.9. The van der Waals surface area contributed by atoms with Crippen LogP contribution in [0, 0.1) is 0 Å². The van der Waals surface area contributed by atoms with Crippen LogP contribution in [0.5, 0.6) is 0 Å². The van der Waals surface area contributed by atoms with E-state index in [2.05, 4.69) is 22.3 Å². The van der Waals surface area contributed by atoms with Crippen LogP contribution >= 0.6 is 22.7 Å². The van der Waals surface area contributed by atoms with Crippen molar-refractivity contribution in [1.29, 1.82) is 0 Å². The molecular weight excluding hydrogens is 352 g/mol. The summed E-state index contributed by atoms with van der Waals surface area (Å²) in [5, 5.41) is 6.11. The lowest BCUT2D eigenvalue weighted by Crippen LogP contribution is -2.41. The number of nitrogens with zero attached hydrogens (tertiary/aromatic N) is 3. The average Bonchev–Trinajstić information content (AvgIpc) is 3.23. The van der Waals surface area contributed by atoms with Crippen molar-refractivity contribution in [3.05, 3.63) is 46.7 Å². The first-order chi connectivity index (χ1) is 12.3. The fourth-order valence-electron chi connectivity index (χ4n) is 2.99. The van der Waals surface area contributed by atoms with Crippen LogP contribution in [0.4, 0.5) is 9.93 Å². The van der Waals surface area contributed by atoms with Crippen LogP contribution in [0.2, 0.25) is 0 Å². The van der Waals surface area contributed by atoms with E-state index in [0.717, 1.165) is 43.2 Å². The summed E-state index contributed by atoms with van der Waals surface area (Å²) in [5.41, 5.74) is 1.05. The van der Waals surface area contributed by atoms with Gasteiger partial charge in [-0.25, -0.2) is 9.78 Å². The highest BCUT2D eigenvalue weighted by molar-refractivity contribution is 7.22. The predicted molar refractivity (Wildman–Crippen MR) is 105 cm³/mol. The number of thiophene rings is 1. The first-order valence-electron chi connectivity index (χ1n) is 8.45. The SMILES string of the molecule is O=C(NCc1cccs1)N1CCCN(c2nc3ccccc3s2)CC1. The molecule has 0 unspecified atom stereocenters. The van der Waals surface area contributed by atoms with Gasteiger partial charge in [0.15, 0.2) is 5.13 Å². The third kappa shape index (κ3) is 3.77. The van der Waals surface area contributed by atoms with Crippen LogP contribution in [-0.2, 0) is 6.54 Å². The van der Waals surface area contributed by atoms with Gasteiger partial charge in [0.25, 0.3) is 0 Å². The molecule has 25 heavy (non-hydrogen) atoms. The third-order valence-corrected chi connectivity index (χ3v) is 6.30. The summed E-state index contributed by atoms with van der Waals surface area (Å²) in [5.74, 6) is 0. The molecular formula is C18H20N4OS2. The highest BCUT2D eigenvalue weighted by Gasteiger charge is 2.21. The van der Waals surface area contributed by atoms with Gasteiger partial charge in [-0.05, 0) is 30.0 Å². The highest BCUT2D eigenvalue weighted by Crippen LogP contribution is 2.29. The zero-order valence-corrected chi connectivity index (χ0v) is 15.5. The average molecular weight is 373 g/mol. The van der Waals surface area contributed by atoms with Gasteiger partial charge in [0.1, 0.15) is 0 Å². The van der Waals surface area contributed by atoms with E-state index < -0.39 is 0 Å². The first kappa shape index (κ1) is 16.4. The van der Waals surface area contributed by atoms with Crippen molar-refractivity contribution in [2.24, 2.45) is 0 Å². The molecule has 1 saturated heterocycles. The number of carbonyl (C=O) groups is 1. The molecule has 3 heterocycles. The molecule has 7 heteroatoms. The molecule has 1 aliphatic heterocycles. The lowest BCUT2D eigenvalue weighted by atomic mass is 10.3. The third-order valence-electron chi connectivity index (χ3n) is 4.33. The molecule has 1 fully saturated rings. The quantitative estimate of drug-likeness (QED) is 0.761. The summed E-state index contributed by atoms with van der Waals surface area (Å²) in [6.45, 7) is 3.89. The number of nitrogens with one attached hydrogen (secondary N) is 1. The Hall–Kier alpha value is -2.12. The minimum atomic E-state index is 0.0274. The molecule has 1 aromatic carbocycles. The van der Waals surface area contributed by atoms with Crippen molar-refractivity contribution in [1.82, 2.24) is 15.2 Å². The molecule has 0 saturated carbocycles. The molecule has 1 N–H and O–H groups in total. The zero-order chi connectivity index (χ0) is 17.1. The number of rotatable bonds is 3. The summed E-state index contributed by atoms with van der Waals surface area (Å²) in [4.78, 5) is 22.6. The van der Waals surface area contributed by atoms with Crippen molar-refractivity contribution >= 4 is 44.1 Å². The topological polar surface area (TPSA) is 48.5 Å². The van der Waals surface area contributed by atoms with Gasteiger partial charge in [-0.15, -0.1) is 11.3 Å². The van der Waals surface area contributed by atoms with Crippen molar-refractivity contribution in [3.63, 3.8) is 0 Å². The van der Waals surface area contributed by atoms with Crippen molar-refractivity contribution in [2.45, 2.75) is 13.0 Å². The monoisotopic (exact) mass is 372 g/mol. The van der Waals surface area contributed by atoms with Crippen LogP contribution in [-0.4, -0.2) is 42.1 Å². The second kappa shape index (κ2) is 7.41. The normalized spacial score (nSPS) is 15.4. The molecule has 0 bridgehead atoms. The molecule has 0 spiro atoms. The van der Waals surface area contributed by atoms with Crippen LogP contribution in [0.1, 0.15) is 11.3 Å². The standard InChI is InChI=1S/C18H20N4OS2/c23-17(19-13-14-5-3-12-24-14)21-8-4-9-22(11-10-21)18-20-15-6-1-2-7-16(15)25-18/h1-3,5-7,12H,4,8-11,13H2,(H,19,23). The van der Waals surface area contributed by atoms with Gasteiger partial charge in [-0.3, -0.25) is 0 Å². The number of anilines is 1. The molecule has 2 amide bonds. The van der Waals surface area contributed by atoms with Gasteiger partial charge in [-0.2, -0.15) is 0 Å². The van der Waals surface area contributed by atoms with Crippen LogP contribution in [0.3, 0.4) is 0 Å². The second-order valence-corrected chi connectivity index (χ2v) is 8.07. The molecule has 3 aromatic rings. The minimum Gasteiger partial charge on any atom is -0.346 e. The smallest absolute Gasteiger partial charge is 0.317 e. The summed E-state index contributed by atoms with van der Waals surface area (Å²) in [6.07, 6.45) is 0.961. The van der Waals surface area contributed by atoms with Gasteiger partial charge >= 0.3 is 6.03 Å². The van der Waals surface area contributed by atoms with Crippen molar-refractivity contribution in [2.75, 3.05) is 31.1 Å². The number of hydrogen-bond acceptors (Lipinski definition) is 5. The van der Waals surface area contributed by atoms with Gasteiger partial charge in [-0.1, -0.05) is 29.5 Å². The summed E-state index contributed by atoms with van der Waals surface area (Å²) in [7, 11) is 0. The molecule has 0 atom stereocenters. The fourth-order valence-corrected chi connectivity index (χ4v) is 4.66.